The summed E-state index contributed by atoms with van der Waals surface area (Å²) in [5.41, 5.74) is 5.14. The lowest BCUT2D eigenvalue weighted by molar-refractivity contribution is -0.137. The van der Waals surface area contributed by atoms with E-state index in [0.29, 0.717) is 11.9 Å². The van der Waals surface area contributed by atoms with E-state index in [1.165, 1.54) is 43.7 Å². The Labute approximate surface area is 192 Å². The smallest absolute Gasteiger partial charge is 0.373 e. The minimum atomic E-state index is -4.75. The third kappa shape index (κ3) is 6.06. The van der Waals surface area contributed by atoms with E-state index in [9.17, 15) is 26.7 Å². The van der Waals surface area contributed by atoms with E-state index >= 15 is 0 Å². The first-order valence-corrected chi connectivity index (χ1v) is 11.4. The van der Waals surface area contributed by atoms with Gasteiger partial charge in [0.15, 0.2) is 0 Å². The van der Waals surface area contributed by atoms with E-state index in [4.69, 9.17) is 5.73 Å². The molecule has 0 saturated heterocycles. The van der Waals surface area contributed by atoms with Crippen molar-refractivity contribution in [2.45, 2.75) is 18.9 Å². The molecular weight excluding hydrogens is 477 g/mol. The quantitative estimate of drug-likeness (QED) is 0.338. The zero-order chi connectivity index (χ0) is 25.1. The predicted molar refractivity (Wildman–Crippen MR) is 119 cm³/mol. The van der Waals surface area contributed by atoms with Gasteiger partial charge in [-0.25, -0.2) is 13.4 Å². The Balaban J connectivity index is 1.89. The van der Waals surface area contributed by atoms with Crippen molar-refractivity contribution in [2.24, 2.45) is 5.73 Å². The monoisotopic (exact) mass is 498 g/mol. The molecule has 0 spiro atoms. The summed E-state index contributed by atoms with van der Waals surface area (Å²) in [4.78, 5) is 15.6. The summed E-state index contributed by atoms with van der Waals surface area (Å²) in [6, 6.07) is 5.92. The number of nitrogens with one attached hydrogen (secondary N) is 2. The van der Waals surface area contributed by atoms with Crippen LogP contribution in [0, 0.1) is 0 Å². The molecule has 0 aliphatic carbocycles. The normalized spacial score (nSPS) is 12.8. The van der Waals surface area contributed by atoms with Gasteiger partial charge in [0, 0.05) is 19.4 Å². The molecule has 15 heteroatoms. The average Bonchev–Trinajstić information content (AvgIpc) is 2.76. The van der Waals surface area contributed by atoms with Crippen LogP contribution in [0.2, 0.25) is 0 Å². The second-order valence-electron chi connectivity index (χ2n) is 7.05. The molecule has 0 aliphatic rings. The molecule has 11 nitrogen and oxygen atoms in total. The highest BCUT2D eigenvalue weighted by Gasteiger charge is 2.35. The van der Waals surface area contributed by atoms with Gasteiger partial charge in [-0.05, 0) is 24.3 Å². The fourth-order valence-electron chi connectivity index (χ4n) is 2.77. The highest BCUT2D eigenvalue weighted by Crippen LogP contribution is 2.34. The number of halogens is 3. The Morgan fingerprint density at radius 3 is 2.50 bits per heavy atom. The van der Waals surface area contributed by atoms with Crippen LogP contribution in [-0.2, 0) is 22.7 Å². The first kappa shape index (κ1) is 25.1. The van der Waals surface area contributed by atoms with E-state index in [2.05, 4.69) is 30.6 Å². The van der Waals surface area contributed by atoms with Crippen molar-refractivity contribution in [1.29, 1.82) is 0 Å². The average molecular weight is 498 g/mol. The molecular formula is C19H21F3N8O3S. The number of alkyl halides is 3. The molecule has 1 unspecified atom stereocenters. The molecule has 0 radical (unpaired) electrons. The van der Waals surface area contributed by atoms with Gasteiger partial charge in [-0.2, -0.15) is 18.2 Å². The second-order valence-corrected chi connectivity index (χ2v) is 9.06. The van der Waals surface area contributed by atoms with Crippen molar-refractivity contribution >= 4 is 33.2 Å². The number of nitrogens with two attached hydrogens (primary N) is 1. The van der Waals surface area contributed by atoms with Crippen molar-refractivity contribution in [3.63, 3.8) is 0 Å². The third-order valence-electron chi connectivity index (χ3n) is 4.57. The Kier molecular flexibility index (Phi) is 7.18. The van der Waals surface area contributed by atoms with Crippen molar-refractivity contribution < 1.29 is 26.7 Å². The van der Waals surface area contributed by atoms with Gasteiger partial charge in [-0.1, -0.05) is 0 Å². The van der Waals surface area contributed by atoms with Gasteiger partial charge in [-0.15, -0.1) is 0 Å². The molecule has 1 atom stereocenters. The van der Waals surface area contributed by atoms with Gasteiger partial charge in [0.1, 0.15) is 17.6 Å². The largest absolute Gasteiger partial charge is 0.421 e. The highest BCUT2D eigenvalue weighted by molar-refractivity contribution is 7.92. The van der Waals surface area contributed by atoms with Gasteiger partial charge in [-0.3, -0.25) is 14.3 Å². The van der Waals surface area contributed by atoms with Crippen LogP contribution < -0.4 is 20.7 Å². The number of aliphatic hydroxyl groups is 1. The van der Waals surface area contributed by atoms with Crippen LogP contribution in [0.1, 0.15) is 23.2 Å². The second kappa shape index (κ2) is 9.74. The van der Waals surface area contributed by atoms with Gasteiger partial charge in [0.2, 0.25) is 16.0 Å². The zero-order valence-electron chi connectivity index (χ0n) is 17.9. The highest BCUT2D eigenvalue weighted by atomic mass is 32.2. The number of hydrogen-bond acceptors (Lipinski definition) is 10. The topological polar surface area (TPSA) is 159 Å². The molecule has 3 rings (SSSR count). The summed E-state index contributed by atoms with van der Waals surface area (Å²) >= 11 is 0. The fourth-order valence-corrected chi connectivity index (χ4v) is 3.29. The van der Waals surface area contributed by atoms with E-state index in [-0.39, 0.29) is 29.6 Å². The molecule has 0 fully saturated rings. The molecule has 0 aliphatic heterocycles. The maximum atomic E-state index is 13.5. The number of rotatable bonds is 8. The van der Waals surface area contributed by atoms with E-state index < -0.39 is 33.8 Å². The number of aliphatic hydroxyl groups excluding tert-OH is 1. The maximum absolute atomic E-state index is 13.5. The Bertz CT molecular complexity index is 1250. The van der Waals surface area contributed by atoms with Gasteiger partial charge in [0.25, 0.3) is 0 Å². The minimum Gasteiger partial charge on any atom is -0.373 e. The summed E-state index contributed by atoms with van der Waals surface area (Å²) in [5, 5.41) is 14.6. The Morgan fingerprint density at radius 2 is 1.91 bits per heavy atom. The number of anilines is 4. The van der Waals surface area contributed by atoms with Crippen LogP contribution >= 0.6 is 0 Å². The number of pyridine rings is 2. The molecule has 34 heavy (non-hydrogen) atoms. The lowest BCUT2D eigenvalue weighted by Gasteiger charge is -2.20. The van der Waals surface area contributed by atoms with E-state index in [1.54, 1.807) is 0 Å². The molecule has 5 N–H and O–H groups in total. The van der Waals surface area contributed by atoms with Crippen LogP contribution in [0.5, 0.6) is 0 Å². The SMILES string of the molecule is CN(c1cccnc1CNc1nc(Nc2ccc(C(N)O)nc2)ncc1C(F)(F)F)S(C)(=O)=O. The number of sulfonamides is 1. The molecule has 0 amide bonds. The number of nitrogens with zero attached hydrogens (tertiary/aromatic N) is 5. The Morgan fingerprint density at radius 1 is 1.18 bits per heavy atom. The first-order chi connectivity index (χ1) is 15.9. The molecule has 0 saturated carbocycles. The van der Waals surface area contributed by atoms with Crippen molar-refractivity contribution in [3.05, 3.63) is 59.8 Å². The minimum absolute atomic E-state index is 0.159. The van der Waals surface area contributed by atoms with Gasteiger partial charge >= 0.3 is 6.18 Å². The van der Waals surface area contributed by atoms with Crippen LogP contribution in [0.4, 0.5) is 36.3 Å². The number of hydrogen-bond donors (Lipinski definition) is 4. The van der Waals surface area contributed by atoms with Gasteiger partial charge in [0.05, 0.1) is 41.8 Å². The van der Waals surface area contributed by atoms with Crippen LogP contribution in [-0.4, -0.2) is 46.8 Å². The molecule has 3 aromatic heterocycles. The molecule has 3 aromatic rings. The third-order valence-corrected chi connectivity index (χ3v) is 5.76. The first-order valence-electron chi connectivity index (χ1n) is 9.59. The summed E-state index contributed by atoms with van der Waals surface area (Å²) < 4.78 is 65.3. The van der Waals surface area contributed by atoms with Crippen molar-refractivity contribution in [3.8, 4) is 0 Å². The number of aromatic nitrogens is 4. The summed E-state index contributed by atoms with van der Waals surface area (Å²) in [5.74, 6) is -0.696. The van der Waals surface area contributed by atoms with E-state index in [0.717, 1.165) is 10.6 Å². The standard InChI is InChI=1S/C19H21F3N8O3S/c1-30(34(2,32)33)15-4-3-7-24-14(15)10-26-17-12(19(20,21)22)9-27-18(29-17)28-11-5-6-13(16(23)31)25-8-11/h3-9,16,31H,10,23H2,1-2H3,(H2,26,27,28,29). The van der Waals surface area contributed by atoms with Gasteiger partial charge < -0.3 is 21.5 Å². The van der Waals surface area contributed by atoms with Crippen molar-refractivity contribution in [1.82, 2.24) is 19.9 Å². The van der Waals surface area contributed by atoms with Crippen molar-refractivity contribution in [2.75, 3.05) is 28.2 Å². The molecule has 3 heterocycles. The summed E-state index contributed by atoms with van der Waals surface area (Å²) in [6.45, 7) is -0.250. The lowest BCUT2D eigenvalue weighted by Crippen LogP contribution is -2.26. The summed E-state index contributed by atoms with van der Waals surface area (Å²) in [7, 11) is -2.31. The van der Waals surface area contributed by atoms with E-state index in [1.807, 2.05) is 0 Å². The zero-order valence-corrected chi connectivity index (χ0v) is 18.8. The molecule has 182 valence electrons. The fraction of sp³-hybridized carbons (Fsp3) is 0.263. The van der Waals surface area contributed by atoms with Crippen LogP contribution in [0.25, 0.3) is 0 Å². The predicted octanol–water partition coefficient (Wildman–Crippen LogP) is 1.99. The van der Waals surface area contributed by atoms with Crippen LogP contribution in [0.15, 0.2) is 42.9 Å². The lowest BCUT2D eigenvalue weighted by atomic mass is 10.2. The summed E-state index contributed by atoms with van der Waals surface area (Å²) in [6.07, 6.45) is -1.71. The van der Waals surface area contributed by atoms with Crippen LogP contribution in [0.3, 0.4) is 0 Å². The Hall–Kier alpha value is -3.56. The maximum Gasteiger partial charge on any atom is 0.421 e. The molecule has 0 aromatic carbocycles. The molecule has 0 bridgehead atoms.